The molecule has 0 spiro atoms. The van der Waals surface area contributed by atoms with Crippen molar-refractivity contribution in [3.05, 3.63) is 85.1 Å². The van der Waals surface area contributed by atoms with E-state index in [0.717, 1.165) is 109 Å². The second-order valence-electron chi connectivity index (χ2n) is 22.7. The molecule has 0 aromatic heterocycles. The zero-order valence-electron chi connectivity index (χ0n) is 52.4. The van der Waals surface area contributed by atoms with Gasteiger partial charge in [-0.05, 0) is 89.9 Å². The Morgan fingerprint density at radius 1 is 0.266 bits per heavy atom. The van der Waals surface area contributed by atoms with Gasteiger partial charge in [-0.15, -0.1) is 0 Å². The van der Waals surface area contributed by atoms with E-state index in [2.05, 4.69) is 106 Å². The number of carbonyl (C=O) groups is 3. The molecule has 456 valence electrons. The van der Waals surface area contributed by atoms with E-state index in [-0.39, 0.29) is 31.1 Å². The Labute approximate surface area is 490 Å². The quantitative estimate of drug-likeness (QED) is 0.0261. The van der Waals surface area contributed by atoms with E-state index in [1.807, 2.05) is 0 Å². The molecular formula is C73H128O6. The molecule has 0 aromatic rings. The molecule has 0 bridgehead atoms. The van der Waals surface area contributed by atoms with E-state index < -0.39 is 6.10 Å². The summed E-state index contributed by atoms with van der Waals surface area (Å²) in [6, 6.07) is 0. The van der Waals surface area contributed by atoms with Crippen LogP contribution in [-0.2, 0) is 28.6 Å². The Morgan fingerprint density at radius 3 is 0.810 bits per heavy atom. The van der Waals surface area contributed by atoms with Crippen LogP contribution in [-0.4, -0.2) is 37.2 Å². The van der Waals surface area contributed by atoms with Crippen molar-refractivity contribution in [3.8, 4) is 0 Å². The van der Waals surface area contributed by atoms with Gasteiger partial charge in [-0.2, -0.15) is 0 Å². The molecule has 1 unspecified atom stereocenters. The SMILES string of the molecule is CC/C=C\C/C=C\C/C=C\C/C=C\C/C=C\CCCCCCCCCCCCCCCC(=O)OCC(COC(=O)CCCCCCC/C=C\C/C=C\CCCC)OC(=O)CCCCCCCCCCCCCCCCCCCC. The summed E-state index contributed by atoms with van der Waals surface area (Å²) < 4.78 is 17.0. The highest BCUT2D eigenvalue weighted by atomic mass is 16.6. The highest BCUT2D eigenvalue weighted by molar-refractivity contribution is 5.71. The number of unbranched alkanes of at least 4 members (excludes halogenated alkanes) is 37. The first-order valence-corrected chi connectivity index (χ1v) is 34.1. The molecule has 0 amide bonds. The van der Waals surface area contributed by atoms with Gasteiger partial charge >= 0.3 is 17.9 Å². The molecular weight excluding hydrogens is 973 g/mol. The largest absolute Gasteiger partial charge is 0.462 e. The van der Waals surface area contributed by atoms with E-state index >= 15 is 0 Å². The lowest BCUT2D eigenvalue weighted by atomic mass is 10.0. The van der Waals surface area contributed by atoms with Crippen LogP contribution in [0.2, 0.25) is 0 Å². The summed E-state index contributed by atoms with van der Waals surface area (Å²) in [6.07, 6.45) is 88.9. The Bertz CT molecular complexity index is 1500. The van der Waals surface area contributed by atoms with Crippen molar-refractivity contribution in [1.29, 1.82) is 0 Å². The standard InChI is InChI=1S/C73H128O6/c1-4-7-10-13-16-19-22-25-28-30-32-33-34-35-36-37-38-39-40-41-42-44-45-48-51-54-57-60-63-66-72(75)78-69-70(68-77-71(74)65-62-59-56-53-50-47-27-24-21-18-15-12-9-6-3)79-73(76)67-64-61-58-55-52-49-46-43-31-29-26-23-20-17-14-11-8-5-2/h7,10,15-16,18-19,24-25,27-28,32-33,35-36,70H,4-6,8-9,11-14,17,20-23,26,29-31,34,37-69H2,1-3H3/b10-7-,18-15-,19-16-,27-24-,28-25-,33-32-,36-35-. The molecule has 0 heterocycles. The number of allylic oxidation sites excluding steroid dienone is 14. The molecule has 0 aliphatic carbocycles. The number of ether oxygens (including phenoxy) is 3. The van der Waals surface area contributed by atoms with E-state index in [1.165, 1.54) is 193 Å². The van der Waals surface area contributed by atoms with Crippen LogP contribution in [0.1, 0.15) is 342 Å². The van der Waals surface area contributed by atoms with Gasteiger partial charge in [0.2, 0.25) is 0 Å². The van der Waals surface area contributed by atoms with Gasteiger partial charge in [0.1, 0.15) is 13.2 Å². The maximum absolute atomic E-state index is 12.9. The molecule has 0 aliphatic heterocycles. The predicted octanol–water partition coefficient (Wildman–Crippen LogP) is 23.4. The minimum atomic E-state index is -0.781. The first kappa shape index (κ1) is 75.6. The highest BCUT2D eigenvalue weighted by Gasteiger charge is 2.19. The molecule has 0 saturated heterocycles. The zero-order chi connectivity index (χ0) is 57.1. The Balaban J connectivity index is 4.26. The number of carbonyl (C=O) groups excluding carboxylic acids is 3. The summed E-state index contributed by atoms with van der Waals surface area (Å²) in [5, 5.41) is 0. The third-order valence-electron chi connectivity index (χ3n) is 14.9. The van der Waals surface area contributed by atoms with Gasteiger partial charge in [-0.3, -0.25) is 14.4 Å². The van der Waals surface area contributed by atoms with Crippen LogP contribution in [0.3, 0.4) is 0 Å². The maximum atomic E-state index is 12.9. The lowest BCUT2D eigenvalue weighted by Gasteiger charge is -2.18. The smallest absolute Gasteiger partial charge is 0.306 e. The van der Waals surface area contributed by atoms with Crippen LogP contribution in [0.25, 0.3) is 0 Å². The fourth-order valence-corrected chi connectivity index (χ4v) is 9.78. The van der Waals surface area contributed by atoms with Crippen molar-refractivity contribution in [2.75, 3.05) is 13.2 Å². The van der Waals surface area contributed by atoms with Gasteiger partial charge in [-0.1, -0.05) is 318 Å². The molecule has 0 aromatic carbocycles. The van der Waals surface area contributed by atoms with Crippen molar-refractivity contribution < 1.29 is 28.6 Å². The van der Waals surface area contributed by atoms with Crippen LogP contribution in [0.15, 0.2) is 85.1 Å². The van der Waals surface area contributed by atoms with E-state index in [9.17, 15) is 14.4 Å². The molecule has 6 nitrogen and oxygen atoms in total. The first-order chi connectivity index (χ1) is 39.0. The molecule has 0 rings (SSSR count). The van der Waals surface area contributed by atoms with Crippen molar-refractivity contribution >= 4 is 17.9 Å². The Kier molecular flexibility index (Phi) is 64.2. The molecule has 0 saturated carbocycles. The van der Waals surface area contributed by atoms with Crippen LogP contribution < -0.4 is 0 Å². The lowest BCUT2D eigenvalue weighted by molar-refractivity contribution is -0.167. The monoisotopic (exact) mass is 1100 g/mol. The summed E-state index contributed by atoms with van der Waals surface area (Å²) >= 11 is 0. The van der Waals surface area contributed by atoms with Crippen LogP contribution in [0.4, 0.5) is 0 Å². The molecule has 0 aliphatic rings. The summed E-state index contributed by atoms with van der Waals surface area (Å²) in [6.45, 7) is 6.52. The van der Waals surface area contributed by atoms with Crippen molar-refractivity contribution in [2.24, 2.45) is 0 Å². The molecule has 79 heavy (non-hydrogen) atoms. The lowest BCUT2D eigenvalue weighted by Crippen LogP contribution is -2.30. The Morgan fingerprint density at radius 2 is 0.506 bits per heavy atom. The van der Waals surface area contributed by atoms with Gasteiger partial charge in [0.25, 0.3) is 0 Å². The summed E-state index contributed by atoms with van der Waals surface area (Å²) in [5.74, 6) is -0.874. The third-order valence-corrected chi connectivity index (χ3v) is 14.9. The van der Waals surface area contributed by atoms with E-state index in [0.29, 0.717) is 19.3 Å². The summed E-state index contributed by atoms with van der Waals surface area (Å²) in [4.78, 5) is 38.4. The van der Waals surface area contributed by atoms with Crippen LogP contribution >= 0.6 is 0 Å². The fourth-order valence-electron chi connectivity index (χ4n) is 9.78. The Hall–Kier alpha value is -3.41. The van der Waals surface area contributed by atoms with Crippen LogP contribution in [0, 0.1) is 0 Å². The average molecular weight is 1100 g/mol. The molecule has 0 radical (unpaired) electrons. The normalized spacial score (nSPS) is 12.6. The van der Waals surface area contributed by atoms with Crippen molar-refractivity contribution in [3.63, 3.8) is 0 Å². The van der Waals surface area contributed by atoms with Gasteiger partial charge < -0.3 is 14.2 Å². The minimum Gasteiger partial charge on any atom is -0.462 e. The first-order valence-electron chi connectivity index (χ1n) is 34.1. The van der Waals surface area contributed by atoms with Gasteiger partial charge in [0.05, 0.1) is 0 Å². The van der Waals surface area contributed by atoms with Gasteiger partial charge in [0.15, 0.2) is 6.10 Å². The number of rotatable bonds is 62. The maximum Gasteiger partial charge on any atom is 0.306 e. The van der Waals surface area contributed by atoms with Gasteiger partial charge in [0, 0.05) is 19.3 Å². The summed E-state index contributed by atoms with van der Waals surface area (Å²) in [5.41, 5.74) is 0. The molecule has 1 atom stereocenters. The van der Waals surface area contributed by atoms with Crippen LogP contribution in [0.5, 0.6) is 0 Å². The highest BCUT2D eigenvalue weighted by Crippen LogP contribution is 2.17. The number of esters is 3. The van der Waals surface area contributed by atoms with Crippen molar-refractivity contribution in [1.82, 2.24) is 0 Å². The molecule has 0 N–H and O–H groups in total. The zero-order valence-corrected chi connectivity index (χ0v) is 52.4. The summed E-state index contributed by atoms with van der Waals surface area (Å²) in [7, 11) is 0. The molecule has 6 heteroatoms. The minimum absolute atomic E-state index is 0.0777. The van der Waals surface area contributed by atoms with E-state index in [4.69, 9.17) is 14.2 Å². The van der Waals surface area contributed by atoms with Gasteiger partial charge in [-0.25, -0.2) is 0 Å². The second-order valence-corrected chi connectivity index (χ2v) is 22.7. The topological polar surface area (TPSA) is 78.9 Å². The number of hydrogen-bond acceptors (Lipinski definition) is 6. The second kappa shape index (κ2) is 67.1. The van der Waals surface area contributed by atoms with Crippen molar-refractivity contribution in [2.45, 2.75) is 348 Å². The predicted molar refractivity (Wildman–Crippen MR) is 344 cm³/mol. The van der Waals surface area contributed by atoms with E-state index in [1.54, 1.807) is 0 Å². The molecule has 0 fully saturated rings. The average Bonchev–Trinajstić information content (AvgIpc) is 3.45. The fraction of sp³-hybridized carbons (Fsp3) is 0.767. The third kappa shape index (κ3) is 65.3. The number of hydrogen-bond donors (Lipinski definition) is 0.